The smallest absolute Gasteiger partial charge is 0.320 e. The molecule has 0 saturated carbocycles. The van der Waals surface area contributed by atoms with Crippen LogP contribution >= 0.6 is 0 Å². The predicted octanol–water partition coefficient (Wildman–Crippen LogP) is 0.631. The highest BCUT2D eigenvalue weighted by atomic mass is 16.4. The number of carboxylic acids is 1. The molecule has 0 aliphatic carbocycles. The van der Waals surface area contributed by atoms with Crippen molar-refractivity contribution < 1.29 is 19.5 Å². The van der Waals surface area contributed by atoms with Crippen LogP contribution in [0.1, 0.15) is 39.0 Å². The van der Waals surface area contributed by atoms with E-state index in [4.69, 9.17) is 10.8 Å². The molecule has 7 heteroatoms. The van der Waals surface area contributed by atoms with Crippen molar-refractivity contribution in [2.45, 2.75) is 51.1 Å². The van der Waals surface area contributed by atoms with Crippen molar-refractivity contribution in [1.29, 1.82) is 0 Å². The second-order valence-electron chi connectivity index (χ2n) is 6.05. The van der Waals surface area contributed by atoms with E-state index in [2.05, 4.69) is 0 Å². The minimum atomic E-state index is -0.888. The van der Waals surface area contributed by atoms with Crippen LogP contribution in [0.25, 0.3) is 0 Å². The highest BCUT2D eigenvalue weighted by Gasteiger charge is 2.38. The Morgan fingerprint density at radius 1 is 1.19 bits per heavy atom. The Hall–Kier alpha value is -1.79. The van der Waals surface area contributed by atoms with Crippen LogP contribution in [0.5, 0.6) is 0 Å². The number of nitrogens with two attached hydrogens (primary N) is 1. The lowest BCUT2D eigenvalue weighted by Crippen LogP contribution is -2.54. The van der Waals surface area contributed by atoms with Gasteiger partial charge in [-0.1, -0.05) is 0 Å². The fraction of sp³-hybridized carbons (Fsp3) is 0.786. The summed E-state index contributed by atoms with van der Waals surface area (Å²) < 4.78 is 0. The molecule has 2 heterocycles. The summed E-state index contributed by atoms with van der Waals surface area (Å²) in [6, 6.07) is -0.340. The molecule has 0 aromatic rings. The van der Waals surface area contributed by atoms with Gasteiger partial charge in [-0.3, -0.25) is 9.59 Å². The molecule has 2 fully saturated rings. The number of amides is 3. The van der Waals surface area contributed by atoms with Crippen molar-refractivity contribution in [1.82, 2.24) is 9.80 Å². The van der Waals surface area contributed by atoms with Gasteiger partial charge in [0.05, 0.1) is 12.3 Å². The van der Waals surface area contributed by atoms with Gasteiger partial charge in [0.25, 0.3) is 0 Å². The summed E-state index contributed by atoms with van der Waals surface area (Å²) in [5.41, 5.74) is 5.35. The molecular formula is C14H23N3O4. The van der Waals surface area contributed by atoms with Gasteiger partial charge >= 0.3 is 12.0 Å². The predicted molar refractivity (Wildman–Crippen MR) is 75.5 cm³/mol. The molecule has 3 unspecified atom stereocenters. The Morgan fingerprint density at radius 2 is 1.90 bits per heavy atom. The molecular weight excluding hydrogens is 274 g/mol. The van der Waals surface area contributed by atoms with E-state index in [0.29, 0.717) is 19.5 Å². The molecule has 3 amide bonds. The number of piperidine rings is 1. The van der Waals surface area contributed by atoms with Crippen LogP contribution in [0.3, 0.4) is 0 Å². The SMILES string of the molecule is CC1CCC(C(N)=O)CN1C(=O)N1CCCC1CC(=O)O. The summed E-state index contributed by atoms with van der Waals surface area (Å²) in [5, 5.41) is 8.94. The van der Waals surface area contributed by atoms with Crippen molar-refractivity contribution in [3.05, 3.63) is 0 Å². The number of carbonyl (C=O) groups excluding carboxylic acids is 2. The van der Waals surface area contributed by atoms with Crippen molar-refractivity contribution in [3.63, 3.8) is 0 Å². The number of aliphatic carboxylic acids is 1. The highest BCUT2D eigenvalue weighted by Crippen LogP contribution is 2.27. The van der Waals surface area contributed by atoms with Crippen LogP contribution in [-0.2, 0) is 9.59 Å². The Balaban J connectivity index is 2.06. The third-order valence-electron chi connectivity index (χ3n) is 4.56. The van der Waals surface area contributed by atoms with Crippen LogP contribution in [0, 0.1) is 5.92 Å². The molecule has 3 atom stereocenters. The number of carbonyl (C=O) groups is 3. The van der Waals surface area contributed by atoms with Crippen molar-refractivity contribution >= 4 is 17.9 Å². The summed E-state index contributed by atoms with van der Waals surface area (Å²) >= 11 is 0. The minimum Gasteiger partial charge on any atom is -0.481 e. The van der Waals surface area contributed by atoms with Gasteiger partial charge in [-0.15, -0.1) is 0 Å². The lowest BCUT2D eigenvalue weighted by atomic mass is 9.93. The molecule has 118 valence electrons. The van der Waals surface area contributed by atoms with E-state index in [-0.39, 0.29) is 36.4 Å². The van der Waals surface area contributed by atoms with E-state index in [1.807, 2.05) is 6.92 Å². The molecule has 0 aromatic heterocycles. The lowest BCUT2D eigenvalue weighted by Gasteiger charge is -2.40. The lowest BCUT2D eigenvalue weighted by molar-refractivity contribution is -0.138. The minimum absolute atomic E-state index is 0.0206. The van der Waals surface area contributed by atoms with E-state index in [1.54, 1.807) is 9.80 Å². The summed E-state index contributed by atoms with van der Waals surface area (Å²) in [7, 11) is 0. The van der Waals surface area contributed by atoms with Crippen molar-refractivity contribution in [2.75, 3.05) is 13.1 Å². The fourth-order valence-corrected chi connectivity index (χ4v) is 3.27. The molecule has 21 heavy (non-hydrogen) atoms. The van der Waals surface area contributed by atoms with Crippen molar-refractivity contribution in [3.8, 4) is 0 Å². The Bertz CT molecular complexity index is 440. The average Bonchev–Trinajstić information content (AvgIpc) is 2.85. The van der Waals surface area contributed by atoms with Gasteiger partial charge < -0.3 is 20.6 Å². The van der Waals surface area contributed by atoms with Gasteiger partial charge in [0, 0.05) is 25.2 Å². The number of hydrogen-bond donors (Lipinski definition) is 2. The van der Waals surface area contributed by atoms with Crippen LogP contribution in [0.15, 0.2) is 0 Å². The number of urea groups is 1. The zero-order valence-electron chi connectivity index (χ0n) is 12.3. The van der Waals surface area contributed by atoms with E-state index in [0.717, 1.165) is 19.3 Å². The van der Waals surface area contributed by atoms with Gasteiger partial charge in [-0.05, 0) is 32.6 Å². The molecule has 3 N–H and O–H groups in total. The highest BCUT2D eigenvalue weighted by molar-refractivity contribution is 5.80. The molecule has 2 aliphatic rings. The fourth-order valence-electron chi connectivity index (χ4n) is 3.27. The van der Waals surface area contributed by atoms with Crippen molar-refractivity contribution in [2.24, 2.45) is 11.7 Å². The quantitative estimate of drug-likeness (QED) is 0.797. The third-order valence-corrected chi connectivity index (χ3v) is 4.56. The standard InChI is InChI=1S/C14H23N3O4/c1-9-4-5-10(13(15)20)8-17(9)14(21)16-6-2-3-11(16)7-12(18)19/h9-11H,2-8H2,1H3,(H2,15,20)(H,18,19). The van der Waals surface area contributed by atoms with Gasteiger partial charge in [0.2, 0.25) is 5.91 Å². The Labute approximate surface area is 124 Å². The molecule has 0 bridgehead atoms. The summed E-state index contributed by atoms with van der Waals surface area (Å²) in [5.74, 6) is -1.56. The van der Waals surface area contributed by atoms with Crippen LogP contribution in [0.2, 0.25) is 0 Å². The van der Waals surface area contributed by atoms with Gasteiger partial charge in [0.15, 0.2) is 0 Å². The van der Waals surface area contributed by atoms with Crippen LogP contribution < -0.4 is 5.73 Å². The second-order valence-corrected chi connectivity index (χ2v) is 6.05. The molecule has 0 radical (unpaired) electrons. The first-order valence-electron chi connectivity index (χ1n) is 7.48. The number of carboxylic acid groups (broad SMARTS) is 1. The number of hydrogen-bond acceptors (Lipinski definition) is 3. The second kappa shape index (κ2) is 6.32. The van der Waals surface area contributed by atoms with E-state index < -0.39 is 5.97 Å². The maximum atomic E-state index is 12.7. The first-order valence-corrected chi connectivity index (χ1v) is 7.48. The van der Waals surface area contributed by atoms with E-state index in [1.165, 1.54) is 0 Å². The zero-order valence-corrected chi connectivity index (χ0v) is 12.3. The van der Waals surface area contributed by atoms with E-state index in [9.17, 15) is 14.4 Å². The Morgan fingerprint density at radius 3 is 2.52 bits per heavy atom. The maximum absolute atomic E-state index is 12.7. The van der Waals surface area contributed by atoms with Gasteiger partial charge in [-0.25, -0.2) is 4.79 Å². The molecule has 2 saturated heterocycles. The molecule has 2 rings (SSSR count). The van der Waals surface area contributed by atoms with Crippen LogP contribution in [-0.4, -0.2) is 58.0 Å². The maximum Gasteiger partial charge on any atom is 0.320 e. The Kier molecular flexibility index (Phi) is 4.69. The summed E-state index contributed by atoms with van der Waals surface area (Å²) in [6.45, 7) is 2.88. The normalized spacial score (nSPS) is 29.5. The first kappa shape index (κ1) is 15.6. The topological polar surface area (TPSA) is 104 Å². The monoisotopic (exact) mass is 297 g/mol. The van der Waals surface area contributed by atoms with Gasteiger partial charge in [0.1, 0.15) is 0 Å². The first-order chi connectivity index (χ1) is 9.90. The summed E-state index contributed by atoms with van der Waals surface area (Å²) in [6.07, 6.45) is 2.98. The zero-order chi connectivity index (χ0) is 15.6. The number of rotatable bonds is 3. The molecule has 0 aromatic carbocycles. The average molecular weight is 297 g/mol. The molecule has 2 aliphatic heterocycles. The largest absolute Gasteiger partial charge is 0.481 e. The number of primary amides is 1. The number of nitrogens with zero attached hydrogens (tertiary/aromatic N) is 2. The van der Waals surface area contributed by atoms with Crippen LogP contribution in [0.4, 0.5) is 4.79 Å². The number of likely N-dealkylation sites (tertiary alicyclic amines) is 2. The summed E-state index contributed by atoms with van der Waals surface area (Å²) in [4.78, 5) is 38.3. The molecule has 7 nitrogen and oxygen atoms in total. The van der Waals surface area contributed by atoms with E-state index >= 15 is 0 Å². The van der Waals surface area contributed by atoms with Gasteiger partial charge in [-0.2, -0.15) is 0 Å². The molecule has 0 spiro atoms. The third kappa shape index (κ3) is 3.46.